The quantitative estimate of drug-likeness (QED) is 0.747. The van der Waals surface area contributed by atoms with Gasteiger partial charge in [-0.1, -0.05) is 0 Å². The van der Waals surface area contributed by atoms with Crippen LogP contribution in [-0.2, 0) is 6.54 Å². The molecule has 3 heterocycles. The molecular weight excluding hydrogens is 350 g/mol. The van der Waals surface area contributed by atoms with Crippen molar-refractivity contribution in [1.29, 1.82) is 0 Å². The van der Waals surface area contributed by atoms with Crippen LogP contribution in [0.15, 0.2) is 46.5 Å². The first kappa shape index (κ1) is 16.6. The molecule has 1 aliphatic rings. The fourth-order valence-electron chi connectivity index (χ4n) is 3.21. The highest BCUT2D eigenvalue weighted by Crippen LogP contribution is 2.25. The molecule has 1 aliphatic heterocycles. The van der Waals surface area contributed by atoms with Crippen molar-refractivity contribution in [2.75, 3.05) is 38.2 Å². The maximum Gasteiger partial charge on any atom is 0.124 e. The normalized spacial score (nSPS) is 15.5. The van der Waals surface area contributed by atoms with Crippen LogP contribution in [0.25, 0.3) is 10.6 Å². The summed E-state index contributed by atoms with van der Waals surface area (Å²) in [7, 11) is 1.71. The Kier molecular flexibility index (Phi) is 5.01. The number of ether oxygens (including phenoxy) is 1. The number of thiazole rings is 1. The van der Waals surface area contributed by atoms with Crippen LogP contribution in [-0.4, -0.2) is 38.3 Å². The third-order valence-corrected chi connectivity index (χ3v) is 6.28. The van der Waals surface area contributed by atoms with Gasteiger partial charge in [0.05, 0.1) is 33.3 Å². The lowest BCUT2D eigenvalue weighted by Crippen LogP contribution is -3.13. The summed E-state index contributed by atoms with van der Waals surface area (Å²) in [6.07, 6.45) is 0. The number of hydrogen-bond donors (Lipinski definition) is 1. The average Bonchev–Trinajstić information content (AvgIpc) is 3.34. The van der Waals surface area contributed by atoms with E-state index in [-0.39, 0.29) is 0 Å². The van der Waals surface area contributed by atoms with Crippen LogP contribution in [0.2, 0.25) is 0 Å². The van der Waals surface area contributed by atoms with E-state index in [1.165, 1.54) is 16.9 Å². The molecular formula is C19H22N3OS2+. The lowest BCUT2D eigenvalue weighted by atomic mass is 10.2. The summed E-state index contributed by atoms with van der Waals surface area (Å²) >= 11 is 3.48. The van der Waals surface area contributed by atoms with Gasteiger partial charge < -0.3 is 14.5 Å². The number of methoxy groups -OCH3 is 1. The molecule has 25 heavy (non-hydrogen) atoms. The first-order valence-corrected chi connectivity index (χ1v) is 10.3. The zero-order valence-corrected chi connectivity index (χ0v) is 15.9. The Labute approximate surface area is 156 Å². The van der Waals surface area contributed by atoms with E-state index in [1.807, 2.05) is 12.1 Å². The van der Waals surface area contributed by atoms with Crippen LogP contribution >= 0.6 is 22.7 Å². The number of benzene rings is 1. The molecule has 1 saturated heterocycles. The van der Waals surface area contributed by atoms with Gasteiger partial charge in [0.1, 0.15) is 23.0 Å². The molecule has 1 aromatic carbocycles. The summed E-state index contributed by atoms with van der Waals surface area (Å²) in [6, 6.07) is 10.5. The molecule has 0 saturated carbocycles. The zero-order valence-electron chi connectivity index (χ0n) is 14.3. The standard InChI is InChI=1S/C19H21N3OS2/c1-23-18-4-2-17(3-5-18)22-9-7-21(8-10-22)12-16-14-25-19(20-16)15-6-11-24-13-15/h2-6,11,13-14H,7-10,12H2,1H3/p+1. The van der Waals surface area contributed by atoms with Crippen molar-refractivity contribution in [3.63, 3.8) is 0 Å². The second kappa shape index (κ2) is 7.56. The maximum atomic E-state index is 5.24. The van der Waals surface area contributed by atoms with E-state index in [9.17, 15) is 0 Å². The van der Waals surface area contributed by atoms with Gasteiger partial charge in [-0.2, -0.15) is 11.3 Å². The van der Waals surface area contributed by atoms with Crippen LogP contribution in [0.3, 0.4) is 0 Å². The molecule has 0 aliphatic carbocycles. The first-order chi connectivity index (χ1) is 12.3. The van der Waals surface area contributed by atoms with Crippen LogP contribution in [0, 0.1) is 0 Å². The number of rotatable bonds is 5. The number of anilines is 1. The zero-order chi connectivity index (χ0) is 17.1. The number of aromatic nitrogens is 1. The topological polar surface area (TPSA) is 29.8 Å². The Morgan fingerprint density at radius 1 is 1.12 bits per heavy atom. The van der Waals surface area contributed by atoms with Crippen molar-refractivity contribution < 1.29 is 9.64 Å². The van der Waals surface area contributed by atoms with Crippen molar-refractivity contribution >= 4 is 28.4 Å². The third kappa shape index (κ3) is 3.86. The lowest BCUT2D eigenvalue weighted by Gasteiger charge is -2.33. The summed E-state index contributed by atoms with van der Waals surface area (Å²) in [5.41, 5.74) is 3.76. The third-order valence-electron chi connectivity index (χ3n) is 4.66. The largest absolute Gasteiger partial charge is 0.497 e. The maximum absolute atomic E-state index is 5.24. The fourth-order valence-corrected chi connectivity index (χ4v) is 4.75. The number of nitrogens with zero attached hydrogens (tertiary/aromatic N) is 2. The van der Waals surface area contributed by atoms with Crippen molar-refractivity contribution in [3.8, 4) is 16.3 Å². The fraction of sp³-hybridized carbons (Fsp3) is 0.316. The molecule has 0 amide bonds. The number of quaternary nitrogens is 1. The van der Waals surface area contributed by atoms with E-state index in [4.69, 9.17) is 9.72 Å². The van der Waals surface area contributed by atoms with Gasteiger partial charge in [-0.3, -0.25) is 0 Å². The van der Waals surface area contributed by atoms with Crippen LogP contribution in [0.5, 0.6) is 5.75 Å². The predicted molar refractivity (Wildman–Crippen MR) is 105 cm³/mol. The number of hydrogen-bond acceptors (Lipinski definition) is 5. The van der Waals surface area contributed by atoms with E-state index in [0.717, 1.165) is 43.5 Å². The van der Waals surface area contributed by atoms with Crippen LogP contribution in [0.1, 0.15) is 5.69 Å². The van der Waals surface area contributed by atoms with Gasteiger partial charge in [0, 0.05) is 22.0 Å². The van der Waals surface area contributed by atoms with Gasteiger partial charge in [-0.25, -0.2) is 4.98 Å². The van der Waals surface area contributed by atoms with E-state index < -0.39 is 0 Å². The van der Waals surface area contributed by atoms with Crippen molar-refractivity contribution in [2.24, 2.45) is 0 Å². The Bertz CT molecular complexity index is 790. The average molecular weight is 373 g/mol. The molecule has 1 fully saturated rings. The SMILES string of the molecule is COc1ccc(N2CC[NH+](Cc3csc(-c4ccsc4)n3)CC2)cc1. The summed E-state index contributed by atoms with van der Waals surface area (Å²) in [5, 5.41) is 7.64. The molecule has 0 spiro atoms. The Morgan fingerprint density at radius 3 is 2.60 bits per heavy atom. The van der Waals surface area contributed by atoms with E-state index >= 15 is 0 Å². The summed E-state index contributed by atoms with van der Waals surface area (Å²) < 4.78 is 5.24. The Balaban J connectivity index is 1.33. The summed E-state index contributed by atoms with van der Waals surface area (Å²) in [6.45, 7) is 5.50. The van der Waals surface area contributed by atoms with E-state index in [0.29, 0.717) is 0 Å². The molecule has 4 rings (SSSR count). The molecule has 130 valence electrons. The number of thiophene rings is 1. The highest BCUT2D eigenvalue weighted by molar-refractivity contribution is 7.14. The molecule has 0 radical (unpaired) electrons. The molecule has 1 N–H and O–H groups in total. The van der Waals surface area contributed by atoms with E-state index in [1.54, 1.807) is 34.7 Å². The van der Waals surface area contributed by atoms with Crippen molar-refractivity contribution in [1.82, 2.24) is 4.98 Å². The molecule has 0 atom stereocenters. The second-order valence-electron chi connectivity index (χ2n) is 6.27. The molecule has 2 aromatic heterocycles. The number of piperazine rings is 1. The molecule has 0 unspecified atom stereocenters. The molecule has 3 aromatic rings. The van der Waals surface area contributed by atoms with E-state index in [2.05, 4.69) is 39.2 Å². The van der Waals surface area contributed by atoms with Gasteiger partial charge in [0.25, 0.3) is 0 Å². The van der Waals surface area contributed by atoms with Gasteiger partial charge in [-0.15, -0.1) is 11.3 Å². The second-order valence-corrected chi connectivity index (χ2v) is 7.91. The molecule has 4 nitrogen and oxygen atoms in total. The summed E-state index contributed by atoms with van der Waals surface area (Å²) in [5.74, 6) is 0.915. The van der Waals surface area contributed by atoms with Gasteiger partial charge in [-0.05, 0) is 35.7 Å². The monoisotopic (exact) mass is 372 g/mol. The van der Waals surface area contributed by atoms with Gasteiger partial charge in [0.15, 0.2) is 0 Å². The minimum Gasteiger partial charge on any atom is -0.497 e. The van der Waals surface area contributed by atoms with Gasteiger partial charge >= 0.3 is 0 Å². The van der Waals surface area contributed by atoms with Gasteiger partial charge in [0.2, 0.25) is 0 Å². The summed E-state index contributed by atoms with van der Waals surface area (Å²) in [4.78, 5) is 8.90. The van der Waals surface area contributed by atoms with Crippen LogP contribution in [0.4, 0.5) is 5.69 Å². The van der Waals surface area contributed by atoms with Crippen LogP contribution < -0.4 is 14.5 Å². The van der Waals surface area contributed by atoms with Crippen molar-refractivity contribution in [2.45, 2.75) is 6.54 Å². The predicted octanol–water partition coefficient (Wildman–Crippen LogP) is 2.79. The lowest BCUT2D eigenvalue weighted by molar-refractivity contribution is -0.914. The first-order valence-electron chi connectivity index (χ1n) is 8.51. The Morgan fingerprint density at radius 2 is 1.92 bits per heavy atom. The minimum atomic E-state index is 0.915. The van der Waals surface area contributed by atoms with Crippen molar-refractivity contribution in [3.05, 3.63) is 52.2 Å². The smallest absolute Gasteiger partial charge is 0.124 e. The minimum absolute atomic E-state index is 0.915. The molecule has 0 bridgehead atoms. The Hall–Kier alpha value is -1.89. The highest BCUT2D eigenvalue weighted by Gasteiger charge is 2.21. The number of nitrogens with one attached hydrogen (secondary N) is 1. The highest BCUT2D eigenvalue weighted by atomic mass is 32.1. The molecule has 6 heteroatoms.